The Morgan fingerprint density at radius 3 is 2.56 bits per heavy atom. The SMILES string of the molecule is CC(C)C1=CC(c2ccsc2)C2=C(CC(C3CC4(CC(C(F)(F)F)=CC=C4C=O)C3)CC2=O)N1. The van der Waals surface area contributed by atoms with Crippen molar-refractivity contribution in [3.8, 4) is 0 Å². The zero-order valence-electron chi connectivity index (χ0n) is 19.2. The van der Waals surface area contributed by atoms with Crippen molar-refractivity contribution in [1.82, 2.24) is 5.32 Å². The number of rotatable bonds is 4. The van der Waals surface area contributed by atoms with Crippen LogP contribution in [0.15, 0.2) is 63.2 Å². The van der Waals surface area contributed by atoms with Crippen molar-refractivity contribution < 1.29 is 22.8 Å². The number of nitrogens with one attached hydrogen (secondary N) is 1. The highest BCUT2D eigenvalue weighted by Gasteiger charge is 2.54. The molecule has 3 nitrogen and oxygen atoms in total. The van der Waals surface area contributed by atoms with Crippen LogP contribution in [-0.4, -0.2) is 18.2 Å². The van der Waals surface area contributed by atoms with Gasteiger partial charge in [-0.05, 0) is 71.4 Å². The lowest BCUT2D eigenvalue weighted by atomic mass is 9.51. The summed E-state index contributed by atoms with van der Waals surface area (Å²) in [6.07, 6.45) is 2.89. The summed E-state index contributed by atoms with van der Waals surface area (Å²) in [5.74, 6) is 0.563. The van der Waals surface area contributed by atoms with E-state index in [4.69, 9.17) is 0 Å². The maximum atomic E-state index is 13.4. The molecule has 180 valence electrons. The molecule has 1 saturated carbocycles. The second-order valence-electron chi connectivity index (χ2n) is 10.5. The van der Waals surface area contributed by atoms with Gasteiger partial charge in [-0.15, -0.1) is 0 Å². The first-order valence-electron chi connectivity index (χ1n) is 11.8. The van der Waals surface area contributed by atoms with Gasteiger partial charge in [-0.25, -0.2) is 0 Å². The second kappa shape index (κ2) is 8.36. The van der Waals surface area contributed by atoms with Gasteiger partial charge in [0.1, 0.15) is 6.29 Å². The Bertz CT molecular complexity index is 1130. The topological polar surface area (TPSA) is 46.2 Å². The van der Waals surface area contributed by atoms with Gasteiger partial charge >= 0.3 is 6.18 Å². The molecule has 1 spiro atoms. The molecule has 1 fully saturated rings. The minimum absolute atomic E-state index is 0.0523. The lowest BCUT2D eigenvalue weighted by Gasteiger charge is -2.53. The van der Waals surface area contributed by atoms with Crippen LogP contribution < -0.4 is 5.32 Å². The monoisotopic (exact) mass is 487 g/mol. The Morgan fingerprint density at radius 1 is 1.18 bits per heavy atom. The van der Waals surface area contributed by atoms with Gasteiger partial charge in [-0.3, -0.25) is 9.59 Å². The van der Waals surface area contributed by atoms with Gasteiger partial charge in [-0.1, -0.05) is 32.1 Å². The van der Waals surface area contributed by atoms with E-state index in [1.807, 2.05) is 5.38 Å². The fourth-order valence-electron chi connectivity index (χ4n) is 6.21. The molecule has 0 saturated heterocycles. The summed E-state index contributed by atoms with van der Waals surface area (Å²) in [4.78, 5) is 25.0. The maximum Gasteiger partial charge on any atom is 0.412 e. The number of alkyl halides is 3. The molecule has 1 aliphatic heterocycles. The summed E-state index contributed by atoms with van der Waals surface area (Å²) >= 11 is 1.62. The number of carbonyl (C=O) groups excluding carboxylic acids is 2. The molecule has 0 bridgehead atoms. The number of aldehydes is 1. The molecule has 1 N–H and O–H groups in total. The Morgan fingerprint density at radius 2 is 1.94 bits per heavy atom. The van der Waals surface area contributed by atoms with E-state index < -0.39 is 17.2 Å². The number of hydrogen-bond acceptors (Lipinski definition) is 4. The molecule has 5 rings (SSSR count). The predicted octanol–water partition coefficient (Wildman–Crippen LogP) is 6.62. The maximum absolute atomic E-state index is 13.4. The number of dihydropyridines is 1. The average molecular weight is 488 g/mol. The number of allylic oxidation sites excluding steroid dienone is 8. The molecule has 3 aliphatic carbocycles. The number of thiophene rings is 1. The zero-order chi connectivity index (χ0) is 24.3. The highest BCUT2D eigenvalue weighted by molar-refractivity contribution is 7.08. The quantitative estimate of drug-likeness (QED) is 0.486. The largest absolute Gasteiger partial charge is 0.412 e. The second-order valence-corrected chi connectivity index (χ2v) is 11.3. The van der Waals surface area contributed by atoms with E-state index in [1.54, 1.807) is 11.3 Å². The van der Waals surface area contributed by atoms with Crippen molar-refractivity contribution in [3.05, 3.63) is 68.7 Å². The van der Waals surface area contributed by atoms with Crippen LogP contribution in [0.25, 0.3) is 0 Å². The van der Waals surface area contributed by atoms with Gasteiger partial charge in [0.2, 0.25) is 0 Å². The van der Waals surface area contributed by atoms with Crippen LogP contribution in [0, 0.1) is 23.2 Å². The van der Waals surface area contributed by atoms with E-state index in [1.165, 1.54) is 6.08 Å². The van der Waals surface area contributed by atoms with Gasteiger partial charge in [0.15, 0.2) is 5.78 Å². The van der Waals surface area contributed by atoms with Crippen LogP contribution in [0.2, 0.25) is 0 Å². The lowest BCUT2D eigenvalue weighted by Crippen LogP contribution is -2.46. The van der Waals surface area contributed by atoms with Gasteiger partial charge in [0.05, 0.1) is 0 Å². The van der Waals surface area contributed by atoms with E-state index in [2.05, 4.69) is 36.7 Å². The molecular formula is C27H28F3NO2S. The van der Waals surface area contributed by atoms with Crippen molar-refractivity contribution in [2.75, 3.05) is 0 Å². The minimum atomic E-state index is -4.38. The Balaban J connectivity index is 1.37. The fraction of sp³-hybridized carbons (Fsp3) is 0.481. The molecule has 1 aromatic heterocycles. The highest BCUT2D eigenvalue weighted by Crippen LogP contribution is 2.61. The average Bonchev–Trinajstić information content (AvgIpc) is 3.30. The molecule has 0 radical (unpaired) electrons. The van der Waals surface area contributed by atoms with Crippen LogP contribution in [0.4, 0.5) is 13.2 Å². The third-order valence-corrected chi connectivity index (χ3v) is 8.79. The molecule has 0 aromatic carbocycles. The van der Waals surface area contributed by atoms with Crippen molar-refractivity contribution >= 4 is 23.4 Å². The summed E-state index contributed by atoms with van der Waals surface area (Å²) in [6, 6.07) is 2.07. The van der Waals surface area contributed by atoms with Crippen LogP contribution in [0.1, 0.15) is 57.4 Å². The third kappa shape index (κ3) is 3.92. The number of ketones is 1. The van der Waals surface area contributed by atoms with Crippen molar-refractivity contribution in [2.45, 2.75) is 58.0 Å². The number of halogens is 3. The molecular weight excluding hydrogens is 459 g/mol. The summed E-state index contributed by atoms with van der Waals surface area (Å²) in [6.45, 7) is 4.24. The predicted molar refractivity (Wildman–Crippen MR) is 126 cm³/mol. The third-order valence-electron chi connectivity index (χ3n) is 8.09. The standard InChI is InChI=1S/C27H28F3NO2S/c1-15(2)22-9-21(16-5-6-34-14-16)25-23(31-22)7-17(8-24(25)33)18-10-26(11-18)12-19(27(28,29)30)3-4-20(26)13-32/h3-6,9,13-15,17-18,21,31H,7-8,10-12H2,1-2H3. The molecule has 7 heteroatoms. The lowest BCUT2D eigenvalue weighted by molar-refractivity contribution is -0.120. The van der Waals surface area contributed by atoms with Crippen LogP contribution in [-0.2, 0) is 9.59 Å². The minimum Gasteiger partial charge on any atom is -0.362 e. The molecule has 2 heterocycles. The van der Waals surface area contributed by atoms with Crippen LogP contribution in [0.3, 0.4) is 0 Å². The number of Topliss-reactive ketones (excluding diaryl/α,β-unsaturated/α-hetero) is 1. The first-order valence-corrected chi connectivity index (χ1v) is 12.8. The first kappa shape index (κ1) is 23.3. The van der Waals surface area contributed by atoms with Gasteiger partial charge in [-0.2, -0.15) is 24.5 Å². The van der Waals surface area contributed by atoms with E-state index in [9.17, 15) is 22.8 Å². The Labute approximate surface area is 201 Å². The molecule has 34 heavy (non-hydrogen) atoms. The number of hydrogen-bond donors (Lipinski definition) is 1. The van der Waals surface area contributed by atoms with Crippen molar-refractivity contribution in [3.63, 3.8) is 0 Å². The normalized spacial score (nSPS) is 31.4. The van der Waals surface area contributed by atoms with E-state index in [0.29, 0.717) is 37.5 Å². The van der Waals surface area contributed by atoms with E-state index in [-0.39, 0.29) is 35.9 Å². The molecule has 0 amide bonds. The van der Waals surface area contributed by atoms with Crippen molar-refractivity contribution in [1.29, 1.82) is 0 Å². The molecule has 2 unspecified atom stereocenters. The summed E-state index contributed by atoms with van der Waals surface area (Å²) in [5, 5.41) is 7.64. The highest BCUT2D eigenvalue weighted by atomic mass is 32.1. The smallest absolute Gasteiger partial charge is 0.362 e. The van der Waals surface area contributed by atoms with Crippen molar-refractivity contribution in [2.24, 2.45) is 23.2 Å². The fourth-order valence-corrected chi connectivity index (χ4v) is 6.91. The Kier molecular flexibility index (Phi) is 5.74. The van der Waals surface area contributed by atoms with Gasteiger partial charge in [0.25, 0.3) is 0 Å². The molecule has 2 atom stereocenters. The van der Waals surface area contributed by atoms with E-state index in [0.717, 1.165) is 28.6 Å². The van der Waals surface area contributed by atoms with E-state index >= 15 is 0 Å². The van der Waals surface area contributed by atoms with Crippen LogP contribution in [0.5, 0.6) is 0 Å². The molecule has 1 aromatic rings. The van der Waals surface area contributed by atoms with Crippen LogP contribution >= 0.6 is 11.3 Å². The number of carbonyl (C=O) groups is 2. The van der Waals surface area contributed by atoms with Gasteiger partial charge in [0, 0.05) is 40.3 Å². The Hall–Kier alpha value is -2.41. The summed E-state index contributed by atoms with van der Waals surface area (Å²) < 4.78 is 40.1. The first-order chi connectivity index (χ1) is 16.1. The summed E-state index contributed by atoms with van der Waals surface area (Å²) in [5.41, 5.74) is 3.17. The van der Waals surface area contributed by atoms with Gasteiger partial charge < -0.3 is 5.32 Å². The summed E-state index contributed by atoms with van der Waals surface area (Å²) in [7, 11) is 0. The zero-order valence-corrected chi connectivity index (χ0v) is 20.1. The molecule has 4 aliphatic rings.